The molecule has 0 aliphatic rings. The molecule has 1 atom stereocenters. The number of hydrogen-bond donors (Lipinski definition) is 1. The molecular weight excluding hydrogens is 331 g/mol. The molecule has 120 valence electrons. The standard InChI is InChI=1S/C14H11ClF3N5/c1-8(14(16,17)18)21-12-10(9-5-3-2-4-6-9)11(15)22-13-19-7-20-23(12)13/h2-8,21H,1H3. The molecule has 2 heterocycles. The molecule has 0 saturated carbocycles. The van der Waals surface area contributed by atoms with E-state index in [-0.39, 0.29) is 16.7 Å². The molecule has 1 aromatic carbocycles. The Kier molecular flexibility index (Phi) is 3.85. The molecule has 0 aliphatic carbocycles. The third-order valence-corrected chi connectivity index (χ3v) is 3.56. The summed E-state index contributed by atoms with van der Waals surface area (Å²) in [5.74, 6) is 0.208. The lowest BCUT2D eigenvalue weighted by molar-refractivity contribution is -0.138. The smallest absolute Gasteiger partial charge is 0.358 e. The summed E-state index contributed by atoms with van der Waals surface area (Å²) in [4.78, 5) is 7.96. The van der Waals surface area contributed by atoms with Crippen LogP contribution in [0.1, 0.15) is 6.92 Å². The molecule has 3 aromatic rings. The minimum absolute atomic E-state index is 0.0496. The second kappa shape index (κ2) is 5.69. The molecule has 0 amide bonds. The lowest BCUT2D eigenvalue weighted by Gasteiger charge is -2.21. The molecule has 3 rings (SSSR count). The molecule has 1 N–H and O–H groups in total. The van der Waals surface area contributed by atoms with Crippen molar-refractivity contribution in [3.05, 3.63) is 41.8 Å². The van der Waals surface area contributed by atoms with E-state index in [1.807, 2.05) is 0 Å². The van der Waals surface area contributed by atoms with Crippen molar-refractivity contribution in [1.29, 1.82) is 0 Å². The first-order valence-corrected chi connectivity index (χ1v) is 7.03. The van der Waals surface area contributed by atoms with E-state index in [0.717, 1.165) is 6.92 Å². The number of nitrogens with zero attached hydrogens (tertiary/aromatic N) is 4. The van der Waals surface area contributed by atoms with Gasteiger partial charge in [-0.2, -0.15) is 32.8 Å². The highest BCUT2D eigenvalue weighted by Crippen LogP contribution is 2.35. The number of benzene rings is 1. The van der Waals surface area contributed by atoms with Crippen LogP contribution in [0.25, 0.3) is 16.9 Å². The Labute approximate surface area is 134 Å². The highest BCUT2D eigenvalue weighted by atomic mass is 35.5. The van der Waals surface area contributed by atoms with Crippen molar-refractivity contribution in [3.8, 4) is 11.1 Å². The normalized spacial score (nSPS) is 13.3. The van der Waals surface area contributed by atoms with E-state index in [1.165, 1.54) is 10.8 Å². The van der Waals surface area contributed by atoms with Crippen LogP contribution < -0.4 is 5.32 Å². The molecule has 0 fully saturated rings. The third-order valence-electron chi connectivity index (χ3n) is 3.29. The van der Waals surface area contributed by atoms with Gasteiger partial charge in [0.1, 0.15) is 23.3 Å². The van der Waals surface area contributed by atoms with E-state index in [1.54, 1.807) is 30.3 Å². The number of rotatable bonds is 3. The lowest BCUT2D eigenvalue weighted by Crippen LogP contribution is -2.34. The van der Waals surface area contributed by atoms with Crippen LogP contribution in [0.5, 0.6) is 0 Å². The first-order chi connectivity index (χ1) is 10.9. The van der Waals surface area contributed by atoms with E-state index in [0.29, 0.717) is 11.1 Å². The number of aromatic nitrogens is 4. The van der Waals surface area contributed by atoms with Gasteiger partial charge in [0, 0.05) is 0 Å². The molecule has 0 saturated heterocycles. The van der Waals surface area contributed by atoms with Crippen LogP contribution >= 0.6 is 11.6 Å². The van der Waals surface area contributed by atoms with Gasteiger partial charge in [-0.25, -0.2) is 0 Å². The maximum atomic E-state index is 12.9. The molecule has 0 bridgehead atoms. The largest absolute Gasteiger partial charge is 0.408 e. The summed E-state index contributed by atoms with van der Waals surface area (Å²) < 4.78 is 40.0. The molecule has 2 aromatic heterocycles. The summed E-state index contributed by atoms with van der Waals surface area (Å²) in [5, 5.41) is 6.42. The van der Waals surface area contributed by atoms with Gasteiger partial charge in [-0.3, -0.25) is 0 Å². The highest BCUT2D eigenvalue weighted by Gasteiger charge is 2.37. The molecule has 1 unspecified atom stereocenters. The van der Waals surface area contributed by atoms with Crippen molar-refractivity contribution in [3.63, 3.8) is 0 Å². The van der Waals surface area contributed by atoms with Gasteiger partial charge in [0.15, 0.2) is 0 Å². The number of anilines is 1. The van der Waals surface area contributed by atoms with Gasteiger partial charge in [0.05, 0.1) is 5.56 Å². The van der Waals surface area contributed by atoms with Crippen LogP contribution in [-0.4, -0.2) is 31.8 Å². The van der Waals surface area contributed by atoms with Crippen LogP contribution in [0, 0.1) is 0 Å². The number of fused-ring (bicyclic) bond motifs is 1. The van der Waals surface area contributed by atoms with Crippen LogP contribution in [0.15, 0.2) is 36.7 Å². The van der Waals surface area contributed by atoms with Gasteiger partial charge in [-0.15, -0.1) is 0 Å². The lowest BCUT2D eigenvalue weighted by atomic mass is 10.1. The molecule has 0 aliphatic heterocycles. The molecule has 0 radical (unpaired) electrons. The fourth-order valence-electron chi connectivity index (χ4n) is 2.10. The van der Waals surface area contributed by atoms with Gasteiger partial charge in [0.25, 0.3) is 5.78 Å². The minimum Gasteiger partial charge on any atom is -0.358 e. The maximum absolute atomic E-state index is 12.9. The Balaban J connectivity index is 2.22. The van der Waals surface area contributed by atoms with E-state index in [2.05, 4.69) is 20.4 Å². The van der Waals surface area contributed by atoms with E-state index in [9.17, 15) is 13.2 Å². The Morgan fingerprint density at radius 3 is 2.57 bits per heavy atom. The molecule has 9 heteroatoms. The predicted octanol–water partition coefficient (Wildman–Crippen LogP) is 3.81. The van der Waals surface area contributed by atoms with Crippen LogP contribution in [-0.2, 0) is 0 Å². The van der Waals surface area contributed by atoms with Crippen molar-refractivity contribution < 1.29 is 13.2 Å². The zero-order chi connectivity index (χ0) is 16.6. The average Bonchev–Trinajstić information content (AvgIpc) is 2.95. The summed E-state index contributed by atoms with van der Waals surface area (Å²) in [6.45, 7) is 1.02. The Bertz CT molecular complexity index is 832. The number of halogens is 4. The van der Waals surface area contributed by atoms with Crippen molar-refractivity contribution >= 4 is 23.2 Å². The zero-order valence-electron chi connectivity index (χ0n) is 11.8. The molecule has 5 nitrogen and oxygen atoms in total. The number of hydrogen-bond acceptors (Lipinski definition) is 4. The fourth-order valence-corrected chi connectivity index (χ4v) is 2.37. The second-order valence-electron chi connectivity index (χ2n) is 4.87. The Morgan fingerprint density at radius 2 is 1.91 bits per heavy atom. The average molecular weight is 342 g/mol. The van der Waals surface area contributed by atoms with Crippen molar-refractivity contribution in [1.82, 2.24) is 19.6 Å². The van der Waals surface area contributed by atoms with Gasteiger partial charge in [-0.05, 0) is 12.5 Å². The van der Waals surface area contributed by atoms with E-state index in [4.69, 9.17) is 11.6 Å². The van der Waals surface area contributed by atoms with Gasteiger partial charge < -0.3 is 5.32 Å². The third kappa shape index (κ3) is 2.94. The first kappa shape index (κ1) is 15.5. The quantitative estimate of drug-likeness (QED) is 0.736. The van der Waals surface area contributed by atoms with Crippen LogP contribution in [0.2, 0.25) is 5.15 Å². The van der Waals surface area contributed by atoms with Crippen molar-refractivity contribution in [2.24, 2.45) is 0 Å². The fraction of sp³-hybridized carbons (Fsp3) is 0.214. The topological polar surface area (TPSA) is 55.1 Å². The number of alkyl halides is 3. The Morgan fingerprint density at radius 1 is 1.22 bits per heavy atom. The zero-order valence-corrected chi connectivity index (χ0v) is 12.6. The van der Waals surface area contributed by atoms with Gasteiger partial charge >= 0.3 is 6.18 Å². The summed E-state index contributed by atoms with van der Waals surface area (Å²) in [5.41, 5.74) is 0.959. The summed E-state index contributed by atoms with van der Waals surface area (Å²) in [6, 6.07) is 6.98. The van der Waals surface area contributed by atoms with E-state index < -0.39 is 12.2 Å². The van der Waals surface area contributed by atoms with Gasteiger partial charge in [0.2, 0.25) is 0 Å². The molecule has 0 spiro atoms. The summed E-state index contributed by atoms with van der Waals surface area (Å²) in [6.07, 6.45) is -3.21. The monoisotopic (exact) mass is 341 g/mol. The summed E-state index contributed by atoms with van der Waals surface area (Å²) in [7, 11) is 0. The summed E-state index contributed by atoms with van der Waals surface area (Å²) >= 11 is 6.18. The van der Waals surface area contributed by atoms with Gasteiger partial charge in [-0.1, -0.05) is 41.9 Å². The van der Waals surface area contributed by atoms with Crippen LogP contribution in [0.4, 0.5) is 19.0 Å². The number of nitrogens with one attached hydrogen (secondary N) is 1. The van der Waals surface area contributed by atoms with Crippen molar-refractivity contribution in [2.75, 3.05) is 5.32 Å². The SMILES string of the molecule is CC(Nc1c(-c2ccccc2)c(Cl)nc2ncnn12)C(F)(F)F. The molecular formula is C14H11ClF3N5. The predicted molar refractivity (Wildman–Crippen MR) is 80.4 cm³/mol. The van der Waals surface area contributed by atoms with E-state index >= 15 is 0 Å². The highest BCUT2D eigenvalue weighted by molar-refractivity contribution is 6.32. The van der Waals surface area contributed by atoms with Crippen LogP contribution in [0.3, 0.4) is 0 Å². The Hall–Kier alpha value is -2.35. The second-order valence-corrected chi connectivity index (χ2v) is 5.23. The minimum atomic E-state index is -4.42. The van der Waals surface area contributed by atoms with Crippen molar-refractivity contribution in [2.45, 2.75) is 19.1 Å². The maximum Gasteiger partial charge on any atom is 0.408 e. The molecule has 23 heavy (non-hydrogen) atoms. The first-order valence-electron chi connectivity index (χ1n) is 6.66.